The Bertz CT molecular complexity index is 847. The quantitative estimate of drug-likeness (QED) is 0.856. The van der Waals surface area contributed by atoms with Gasteiger partial charge in [0, 0.05) is 30.0 Å². The molecule has 2 N–H and O–H groups in total. The molecule has 0 spiro atoms. The van der Waals surface area contributed by atoms with E-state index in [1.807, 2.05) is 19.9 Å². The van der Waals surface area contributed by atoms with Crippen molar-refractivity contribution in [3.05, 3.63) is 58.2 Å². The zero-order valence-electron chi connectivity index (χ0n) is 13.3. The van der Waals surface area contributed by atoms with Crippen LogP contribution < -0.4 is 5.73 Å². The molecule has 0 radical (unpaired) electrons. The minimum atomic E-state index is -0.969. The van der Waals surface area contributed by atoms with Gasteiger partial charge in [0.1, 0.15) is 29.0 Å². The lowest BCUT2D eigenvalue weighted by Gasteiger charge is -2.37. The minimum absolute atomic E-state index is 0.0349. The summed E-state index contributed by atoms with van der Waals surface area (Å²) in [6.45, 7) is 3.84. The van der Waals surface area contributed by atoms with E-state index >= 15 is 0 Å². The van der Waals surface area contributed by atoms with Crippen molar-refractivity contribution in [2.24, 2.45) is 11.1 Å². The van der Waals surface area contributed by atoms with Gasteiger partial charge in [-0.1, -0.05) is 19.9 Å². The predicted octanol–water partition coefficient (Wildman–Crippen LogP) is 3.42. The van der Waals surface area contributed by atoms with Crippen LogP contribution in [0, 0.1) is 28.4 Å². The van der Waals surface area contributed by atoms with Crippen LogP contribution >= 0.6 is 0 Å². The molecule has 0 bridgehead atoms. The van der Waals surface area contributed by atoms with E-state index in [9.17, 15) is 18.8 Å². The first-order chi connectivity index (χ1) is 11.2. The lowest BCUT2D eigenvalue weighted by molar-refractivity contribution is -0.119. The van der Waals surface area contributed by atoms with E-state index in [2.05, 4.69) is 0 Å². The summed E-state index contributed by atoms with van der Waals surface area (Å²) in [7, 11) is 0. The molecule has 6 heteroatoms. The van der Waals surface area contributed by atoms with Crippen LogP contribution in [0.5, 0.6) is 0 Å². The Morgan fingerprint density at radius 1 is 1.33 bits per heavy atom. The van der Waals surface area contributed by atoms with Gasteiger partial charge in [-0.15, -0.1) is 0 Å². The van der Waals surface area contributed by atoms with Crippen LogP contribution in [0.1, 0.15) is 38.2 Å². The molecule has 0 saturated heterocycles. The first-order valence-corrected chi connectivity index (χ1v) is 7.52. The molecule has 1 aliphatic heterocycles. The van der Waals surface area contributed by atoms with Crippen LogP contribution in [0.15, 0.2) is 41.0 Å². The molecule has 1 atom stereocenters. The van der Waals surface area contributed by atoms with Gasteiger partial charge in [-0.05, 0) is 11.5 Å². The van der Waals surface area contributed by atoms with Gasteiger partial charge < -0.3 is 10.5 Å². The first kappa shape index (κ1) is 16.2. The molecular weight excluding hydrogens is 314 g/mol. The number of Topliss-reactive ketones (excluding diaryl/α,β-unsaturated/α-hetero) is 1. The van der Waals surface area contributed by atoms with Crippen molar-refractivity contribution in [1.82, 2.24) is 0 Å². The van der Waals surface area contributed by atoms with Crippen LogP contribution in [-0.2, 0) is 9.53 Å². The first-order valence-electron chi connectivity index (χ1n) is 7.52. The molecule has 24 heavy (non-hydrogen) atoms. The third-order valence-corrected chi connectivity index (χ3v) is 4.35. The normalized spacial score (nSPS) is 22.8. The van der Waals surface area contributed by atoms with E-state index in [-0.39, 0.29) is 40.2 Å². The number of carbonyl (C=O) groups is 1. The van der Waals surface area contributed by atoms with Gasteiger partial charge in [0.15, 0.2) is 5.78 Å². The van der Waals surface area contributed by atoms with Crippen molar-refractivity contribution >= 4 is 5.78 Å². The molecule has 3 rings (SSSR count). The van der Waals surface area contributed by atoms with Gasteiger partial charge in [0.2, 0.25) is 5.88 Å². The Hall–Kier alpha value is -2.68. The number of nitrogens with two attached hydrogens (primary N) is 1. The van der Waals surface area contributed by atoms with Gasteiger partial charge in [0.05, 0.1) is 5.92 Å². The molecule has 1 aromatic rings. The molecule has 4 nitrogen and oxygen atoms in total. The number of halogens is 2. The van der Waals surface area contributed by atoms with Gasteiger partial charge in [-0.3, -0.25) is 4.79 Å². The number of nitrogens with zero attached hydrogens (tertiary/aromatic N) is 1. The Morgan fingerprint density at radius 2 is 2.04 bits per heavy atom. The van der Waals surface area contributed by atoms with Gasteiger partial charge in [-0.2, -0.15) is 5.26 Å². The minimum Gasteiger partial charge on any atom is -0.444 e. The second-order valence-corrected chi connectivity index (χ2v) is 6.87. The zero-order valence-corrected chi connectivity index (χ0v) is 13.3. The van der Waals surface area contributed by atoms with E-state index in [0.29, 0.717) is 12.2 Å². The summed E-state index contributed by atoms with van der Waals surface area (Å²) in [4.78, 5) is 12.7. The van der Waals surface area contributed by atoms with Crippen molar-refractivity contribution in [3.63, 3.8) is 0 Å². The maximum Gasteiger partial charge on any atom is 0.205 e. The number of hydrogen-bond donors (Lipinski definition) is 1. The van der Waals surface area contributed by atoms with Crippen molar-refractivity contribution in [1.29, 1.82) is 5.26 Å². The monoisotopic (exact) mass is 330 g/mol. The molecule has 124 valence electrons. The number of allylic oxidation sites excluding steroid dienone is 3. The summed E-state index contributed by atoms with van der Waals surface area (Å²) in [5.41, 5.74) is 5.77. The van der Waals surface area contributed by atoms with Crippen molar-refractivity contribution in [2.75, 3.05) is 0 Å². The summed E-state index contributed by atoms with van der Waals surface area (Å²) in [5, 5.41) is 9.42. The van der Waals surface area contributed by atoms with Crippen LogP contribution in [0.2, 0.25) is 0 Å². The maximum absolute atomic E-state index is 14.3. The Morgan fingerprint density at radius 3 is 2.67 bits per heavy atom. The average Bonchev–Trinajstić information content (AvgIpc) is 2.44. The summed E-state index contributed by atoms with van der Waals surface area (Å²) >= 11 is 0. The smallest absolute Gasteiger partial charge is 0.205 e. The van der Waals surface area contributed by atoms with Crippen molar-refractivity contribution in [3.8, 4) is 6.07 Å². The van der Waals surface area contributed by atoms with Crippen molar-refractivity contribution < 1.29 is 18.3 Å². The third-order valence-electron chi connectivity index (χ3n) is 4.35. The van der Waals surface area contributed by atoms with Gasteiger partial charge >= 0.3 is 0 Å². The highest BCUT2D eigenvalue weighted by Crippen LogP contribution is 2.48. The fraction of sp³-hybridized carbons (Fsp3) is 0.333. The van der Waals surface area contributed by atoms with E-state index in [1.54, 1.807) is 0 Å². The van der Waals surface area contributed by atoms with Crippen LogP contribution in [0.25, 0.3) is 0 Å². The highest BCUT2D eigenvalue weighted by Gasteiger charge is 2.43. The van der Waals surface area contributed by atoms with E-state index in [1.165, 1.54) is 6.07 Å². The summed E-state index contributed by atoms with van der Waals surface area (Å²) in [5.74, 6) is -2.52. The number of nitriles is 1. The molecule has 1 aromatic carbocycles. The standard InChI is InChI=1S/C18H16F2N2O2/c1-18(2)6-13(23)16-14(7-18)24-17(22)11(8-21)15(16)10-4-3-9(19)5-12(10)20/h3-5,15H,6-7,22H2,1-2H3. The second kappa shape index (κ2) is 5.45. The highest BCUT2D eigenvalue weighted by molar-refractivity contribution is 6.00. The third kappa shape index (κ3) is 2.56. The van der Waals surface area contributed by atoms with E-state index < -0.39 is 17.6 Å². The number of hydrogen-bond acceptors (Lipinski definition) is 4. The topological polar surface area (TPSA) is 76.1 Å². The molecule has 1 unspecified atom stereocenters. The Labute approximate surface area is 138 Å². The number of ether oxygens (including phenoxy) is 1. The molecule has 0 amide bonds. The van der Waals surface area contributed by atoms with Crippen LogP contribution in [0.4, 0.5) is 8.78 Å². The molecular formula is C18H16F2N2O2. The van der Waals surface area contributed by atoms with Gasteiger partial charge in [0.25, 0.3) is 0 Å². The lowest BCUT2D eigenvalue weighted by atomic mass is 9.70. The molecule has 0 aromatic heterocycles. The van der Waals surface area contributed by atoms with Gasteiger partial charge in [-0.25, -0.2) is 8.78 Å². The van der Waals surface area contributed by atoms with E-state index in [4.69, 9.17) is 10.5 Å². The number of ketones is 1. The van der Waals surface area contributed by atoms with Crippen molar-refractivity contribution in [2.45, 2.75) is 32.6 Å². The summed E-state index contributed by atoms with van der Waals surface area (Å²) < 4.78 is 33.1. The Kier molecular flexibility index (Phi) is 3.67. The molecule has 0 saturated carbocycles. The van der Waals surface area contributed by atoms with E-state index in [0.717, 1.165) is 12.1 Å². The zero-order chi connectivity index (χ0) is 17.6. The van der Waals surface area contributed by atoms with Crippen LogP contribution in [0.3, 0.4) is 0 Å². The molecule has 0 fully saturated rings. The molecule has 1 heterocycles. The second-order valence-electron chi connectivity index (χ2n) is 6.87. The molecule has 1 aliphatic carbocycles. The largest absolute Gasteiger partial charge is 0.444 e. The SMILES string of the molecule is CC1(C)CC(=O)C2=C(C1)OC(N)=C(C#N)C2c1ccc(F)cc1F. The summed E-state index contributed by atoms with van der Waals surface area (Å²) in [6.07, 6.45) is 0.708. The predicted molar refractivity (Wildman–Crippen MR) is 82.1 cm³/mol. The molecule has 2 aliphatic rings. The Balaban J connectivity index is 2.22. The highest BCUT2D eigenvalue weighted by atomic mass is 19.1. The summed E-state index contributed by atoms with van der Waals surface area (Å²) in [6, 6.07) is 4.96. The fourth-order valence-corrected chi connectivity index (χ4v) is 3.33. The lowest BCUT2D eigenvalue weighted by Crippen LogP contribution is -2.33. The fourth-order valence-electron chi connectivity index (χ4n) is 3.33. The van der Waals surface area contributed by atoms with Crippen LogP contribution in [-0.4, -0.2) is 5.78 Å². The maximum atomic E-state index is 14.3. The number of rotatable bonds is 1. The average molecular weight is 330 g/mol. The number of carbonyl (C=O) groups excluding carboxylic acids is 1. The number of benzene rings is 1.